The average molecular weight is 828 g/mol. The number of anilines is 2. The Hall–Kier alpha value is -6.96. The van der Waals surface area contributed by atoms with Gasteiger partial charge in [0.25, 0.3) is 0 Å². The van der Waals surface area contributed by atoms with Crippen molar-refractivity contribution in [1.29, 1.82) is 0 Å². The summed E-state index contributed by atoms with van der Waals surface area (Å²) in [5.74, 6) is -0.560. The van der Waals surface area contributed by atoms with E-state index in [1.54, 1.807) is 0 Å². The van der Waals surface area contributed by atoms with Gasteiger partial charge in [-0.15, -0.1) is 0 Å². The van der Waals surface area contributed by atoms with Gasteiger partial charge in [-0.05, 0) is 166 Å². The molecule has 11 rings (SSSR count). The topological polar surface area (TPSA) is 3.24 Å². The summed E-state index contributed by atoms with van der Waals surface area (Å²) in [6.07, 6.45) is 37.2. The number of hydrogen-bond acceptors (Lipinski definition) is 1. The molecule has 0 aromatic heterocycles. The maximum absolute atomic E-state index is 10.6. The molecule has 6 aliphatic carbocycles. The van der Waals surface area contributed by atoms with Crippen molar-refractivity contribution >= 4 is 29.1 Å². The molecule has 0 saturated carbocycles. The molecule has 0 saturated heterocycles. The van der Waals surface area contributed by atoms with E-state index in [0.29, 0.717) is 17.8 Å². The first-order chi connectivity index (χ1) is 32.5. The fourth-order valence-electron chi connectivity index (χ4n) is 11.5. The Labute approximate surface area is 383 Å². The number of benzene rings is 5. The monoisotopic (exact) mass is 827 g/mol. The molecular formula is C63H55N. The smallest absolute Gasteiger partial charge is 0.0642 e. The van der Waals surface area contributed by atoms with Crippen LogP contribution in [0, 0.1) is 5.92 Å². The Kier molecular flexibility index (Phi) is 9.96. The number of rotatable bonds is 10. The highest BCUT2D eigenvalue weighted by Gasteiger charge is 2.53. The summed E-state index contributed by atoms with van der Waals surface area (Å²) in [7, 11) is 0. The van der Waals surface area contributed by atoms with E-state index in [0.717, 1.165) is 85.0 Å². The number of hydrogen-bond donors (Lipinski definition) is 0. The lowest BCUT2D eigenvalue weighted by molar-refractivity contribution is 0.453. The van der Waals surface area contributed by atoms with E-state index >= 15 is 0 Å². The van der Waals surface area contributed by atoms with Crippen LogP contribution in [0.4, 0.5) is 11.4 Å². The zero-order valence-electron chi connectivity index (χ0n) is 38.6. The van der Waals surface area contributed by atoms with Gasteiger partial charge < -0.3 is 4.90 Å². The lowest BCUT2D eigenvalue weighted by Crippen LogP contribution is -2.36. The first-order valence-electron chi connectivity index (χ1n) is 24.3. The summed E-state index contributed by atoms with van der Waals surface area (Å²) in [6, 6.07) is 40.1. The standard InChI is InChI=1S/C63H55N/c1-3-17-50(4-2)63(51-21-9-6-10-22-51)61-27-16-15-26-58(61)59-41-40-54(43-62(59)63)64(52-36-32-47(33-37-52)46-30-28-45(29-31-46)44-18-7-5-8-19-44)53-38-34-48(35-39-53)60-42-49-20-11-12-23-55(49)56-24-13-14-25-57(56)60/h3-7,9-11,14-18,20-22,25-28,30,32-43,59,62H,1-2,8,12-13,19,23-24,29,31H2/b50-17+/i40D,43D. The first kappa shape index (κ1) is 37.6. The second kappa shape index (κ2) is 17.0. The second-order valence-corrected chi connectivity index (χ2v) is 17.9. The maximum atomic E-state index is 10.6. The highest BCUT2D eigenvalue weighted by Crippen LogP contribution is 2.61. The second-order valence-electron chi connectivity index (χ2n) is 17.9. The van der Waals surface area contributed by atoms with Gasteiger partial charge in [-0.1, -0.05) is 177 Å². The molecule has 1 nitrogen and oxygen atoms in total. The molecule has 3 unspecified atom stereocenters. The van der Waals surface area contributed by atoms with Gasteiger partial charge in [0, 0.05) is 28.9 Å². The summed E-state index contributed by atoms with van der Waals surface area (Å²) < 4.78 is 20.6. The Morgan fingerprint density at radius 2 is 1.36 bits per heavy atom. The Bertz CT molecular complexity index is 3070. The third-order valence-corrected chi connectivity index (χ3v) is 14.5. The number of allylic oxidation sites excluding steroid dienone is 17. The molecule has 0 radical (unpaired) electrons. The van der Waals surface area contributed by atoms with Gasteiger partial charge in [-0.2, -0.15) is 0 Å². The van der Waals surface area contributed by atoms with Crippen LogP contribution < -0.4 is 4.90 Å². The van der Waals surface area contributed by atoms with Gasteiger partial charge in [-0.25, -0.2) is 0 Å². The molecule has 3 atom stereocenters. The van der Waals surface area contributed by atoms with Crippen molar-refractivity contribution in [3.63, 3.8) is 0 Å². The van der Waals surface area contributed by atoms with Crippen molar-refractivity contribution in [2.45, 2.75) is 62.7 Å². The van der Waals surface area contributed by atoms with Gasteiger partial charge in [0.05, 0.1) is 8.16 Å². The minimum absolute atomic E-state index is 0.196. The number of fused-ring (bicyclic) bond motifs is 6. The molecule has 0 amide bonds. The van der Waals surface area contributed by atoms with Crippen LogP contribution in [0.1, 0.15) is 91.7 Å². The zero-order chi connectivity index (χ0) is 44.8. The third-order valence-electron chi connectivity index (χ3n) is 14.5. The molecular weight excluding hydrogens is 771 g/mol. The van der Waals surface area contributed by atoms with E-state index in [1.165, 1.54) is 55.7 Å². The average Bonchev–Trinajstić information content (AvgIpc) is 3.68. The molecule has 5 aromatic rings. The molecule has 5 aromatic carbocycles. The lowest BCUT2D eigenvalue weighted by atomic mass is 9.62. The van der Waals surface area contributed by atoms with Crippen LogP contribution in [0.5, 0.6) is 0 Å². The minimum atomic E-state index is -0.755. The molecule has 0 aliphatic heterocycles. The predicted molar refractivity (Wildman–Crippen MR) is 273 cm³/mol. The summed E-state index contributed by atoms with van der Waals surface area (Å²) in [5.41, 5.74) is 19.6. The van der Waals surface area contributed by atoms with Crippen LogP contribution in [-0.4, -0.2) is 0 Å². The van der Waals surface area contributed by atoms with Crippen molar-refractivity contribution in [1.82, 2.24) is 0 Å². The van der Waals surface area contributed by atoms with Crippen molar-refractivity contribution < 1.29 is 2.74 Å². The highest BCUT2D eigenvalue weighted by molar-refractivity contribution is 5.84. The van der Waals surface area contributed by atoms with Crippen molar-refractivity contribution in [3.05, 3.63) is 268 Å². The summed E-state index contributed by atoms with van der Waals surface area (Å²) in [6.45, 7) is 8.52. The van der Waals surface area contributed by atoms with Gasteiger partial charge in [0.2, 0.25) is 0 Å². The van der Waals surface area contributed by atoms with E-state index in [1.807, 2.05) is 12.2 Å². The van der Waals surface area contributed by atoms with Crippen molar-refractivity contribution in [2.75, 3.05) is 4.90 Å². The predicted octanol–water partition coefficient (Wildman–Crippen LogP) is 16.2. The molecule has 0 fully saturated rings. The van der Waals surface area contributed by atoms with Crippen LogP contribution in [0.3, 0.4) is 0 Å². The fraction of sp³-hybridized carbons (Fsp3) is 0.175. The summed E-state index contributed by atoms with van der Waals surface area (Å²) in [5, 5.41) is 0. The zero-order valence-corrected chi connectivity index (χ0v) is 36.6. The van der Waals surface area contributed by atoms with E-state index in [-0.39, 0.29) is 11.8 Å². The Balaban J connectivity index is 1.07. The maximum Gasteiger partial charge on any atom is 0.0642 e. The normalized spacial score (nSPS) is 22.4. The van der Waals surface area contributed by atoms with Crippen molar-refractivity contribution in [2.24, 2.45) is 5.92 Å². The van der Waals surface area contributed by atoms with Gasteiger partial charge >= 0.3 is 0 Å². The Morgan fingerprint density at radius 3 is 2.09 bits per heavy atom. The van der Waals surface area contributed by atoms with E-state index < -0.39 is 5.41 Å². The molecule has 6 aliphatic rings. The summed E-state index contributed by atoms with van der Waals surface area (Å²) in [4.78, 5) is 2.18. The fourth-order valence-corrected chi connectivity index (χ4v) is 11.5. The van der Waals surface area contributed by atoms with Gasteiger partial charge in [0.1, 0.15) is 0 Å². The molecule has 0 N–H and O–H groups in total. The van der Waals surface area contributed by atoms with Gasteiger partial charge in [0.15, 0.2) is 0 Å². The Morgan fingerprint density at radius 1 is 0.672 bits per heavy atom. The first-order valence-corrected chi connectivity index (χ1v) is 23.3. The quantitative estimate of drug-likeness (QED) is 0.127. The molecule has 312 valence electrons. The lowest BCUT2D eigenvalue weighted by Gasteiger charge is -2.41. The molecule has 0 bridgehead atoms. The van der Waals surface area contributed by atoms with Crippen LogP contribution in [0.25, 0.3) is 28.9 Å². The number of nitrogens with zero attached hydrogens (tertiary/aromatic N) is 1. The van der Waals surface area contributed by atoms with Crippen LogP contribution >= 0.6 is 0 Å². The molecule has 0 heterocycles. The largest absolute Gasteiger partial charge is 0.311 e. The highest BCUT2D eigenvalue weighted by atomic mass is 15.1. The summed E-state index contributed by atoms with van der Waals surface area (Å²) >= 11 is 0. The minimum Gasteiger partial charge on any atom is -0.311 e. The molecule has 1 heteroatoms. The molecule has 0 spiro atoms. The van der Waals surface area contributed by atoms with Crippen LogP contribution in [-0.2, 0) is 18.3 Å². The SMILES string of the molecule is [2H]C1=CC2c3ccccc3C(/C(C=C)=C/C=C)(c3ccccc3)C2C([2H])=C1N(c1ccc(C2=CC=C(C3=CC=CCC3)CC2)cc1)c1ccc(-c2cc3c(c4c2C=CCC4)CCC=C3)cc1. The van der Waals surface area contributed by atoms with Crippen LogP contribution in [0.15, 0.2) is 224 Å². The van der Waals surface area contributed by atoms with Crippen LogP contribution in [0.2, 0.25) is 0 Å². The van der Waals surface area contributed by atoms with E-state index in [9.17, 15) is 2.74 Å². The van der Waals surface area contributed by atoms with E-state index in [4.69, 9.17) is 0 Å². The van der Waals surface area contributed by atoms with E-state index in [2.05, 4.69) is 194 Å². The van der Waals surface area contributed by atoms with Crippen molar-refractivity contribution in [3.8, 4) is 11.1 Å². The third kappa shape index (κ3) is 6.77. The molecule has 64 heavy (non-hydrogen) atoms. The van der Waals surface area contributed by atoms with Gasteiger partial charge in [-0.3, -0.25) is 0 Å².